The van der Waals surface area contributed by atoms with Crippen LogP contribution in [0.2, 0.25) is 0 Å². The molecular weight excluding hydrogens is 198 g/mol. The third-order valence-corrected chi connectivity index (χ3v) is 3.00. The van der Waals surface area contributed by atoms with Gasteiger partial charge in [0.1, 0.15) is 5.76 Å². The van der Waals surface area contributed by atoms with Gasteiger partial charge in [0.05, 0.1) is 12.3 Å². The molecule has 1 rings (SSSR count). The van der Waals surface area contributed by atoms with E-state index in [2.05, 4.69) is 26.1 Å². The normalized spacial score (nSPS) is 14.9. The molecule has 2 atom stereocenters. The summed E-state index contributed by atoms with van der Waals surface area (Å²) in [6, 6.07) is 4.86. The molecule has 1 aromatic rings. The molecule has 1 heterocycles. The van der Waals surface area contributed by atoms with Gasteiger partial charge in [-0.3, -0.25) is 0 Å². The summed E-state index contributed by atoms with van der Waals surface area (Å²) in [4.78, 5) is 0. The fraction of sp³-hybridized carbons (Fsp3) is 0.714. The lowest BCUT2D eigenvalue weighted by atomic mass is 10.1. The van der Waals surface area contributed by atoms with Crippen LogP contribution in [0.5, 0.6) is 0 Å². The van der Waals surface area contributed by atoms with Gasteiger partial charge in [0.25, 0.3) is 0 Å². The molecule has 0 radical (unpaired) electrons. The van der Waals surface area contributed by atoms with Crippen molar-refractivity contribution in [3.8, 4) is 0 Å². The summed E-state index contributed by atoms with van der Waals surface area (Å²) >= 11 is 0. The van der Waals surface area contributed by atoms with Crippen LogP contribution in [-0.2, 0) is 0 Å². The minimum atomic E-state index is 0.316. The Morgan fingerprint density at radius 2 is 2.06 bits per heavy atom. The van der Waals surface area contributed by atoms with Crippen LogP contribution in [-0.4, -0.2) is 6.04 Å². The third kappa shape index (κ3) is 4.84. The second-order valence-corrected chi connectivity index (χ2v) is 4.65. The standard InChI is InChI=1S/C14H25NO/c1-4-5-6-7-9-12(2)15-13(3)14-10-8-11-16-14/h8,10-13,15H,4-7,9H2,1-3H3. The first-order chi connectivity index (χ1) is 7.74. The molecule has 0 aromatic carbocycles. The van der Waals surface area contributed by atoms with Crippen molar-refractivity contribution in [3.05, 3.63) is 24.2 Å². The SMILES string of the molecule is CCCCCCC(C)NC(C)c1ccco1. The lowest BCUT2D eigenvalue weighted by Crippen LogP contribution is -2.28. The molecule has 2 unspecified atom stereocenters. The predicted molar refractivity (Wildman–Crippen MR) is 68.5 cm³/mol. The highest BCUT2D eigenvalue weighted by Crippen LogP contribution is 2.14. The maximum Gasteiger partial charge on any atom is 0.120 e. The molecule has 0 amide bonds. The van der Waals surface area contributed by atoms with Crippen LogP contribution in [0.25, 0.3) is 0 Å². The van der Waals surface area contributed by atoms with Crippen molar-refractivity contribution in [2.45, 2.75) is 65.0 Å². The first kappa shape index (κ1) is 13.3. The van der Waals surface area contributed by atoms with E-state index in [1.165, 1.54) is 32.1 Å². The molecule has 0 spiro atoms. The number of rotatable bonds is 8. The monoisotopic (exact) mass is 223 g/mol. The Labute approximate surface area is 99.4 Å². The Hall–Kier alpha value is -0.760. The first-order valence-corrected chi connectivity index (χ1v) is 6.53. The third-order valence-electron chi connectivity index (χ3n) is 3.00. The predicted octanol–water partition coefficient (Wildman–Crippen LogP) is 4.29. The van der Waals surface area contributed by atoms with Crippen LogP contribution in [0.1, 0.15) is 64.7 Å². The van der Waals surface area contributed by atoms with E-state index in [4.69, 9.17) is 4.42 Å². The zero-order valence-electron chi connectivity index (χ0n) is 10.8. The molecular formula is C14H25NO. The Balaban J connectivity index is 2.16. The lowest BCUT2D eigenvalue weighted by molar-refractivity contribution is 0.381. The first-order valence-electron chi connectivity index (χ1n) is 6.53. The Morgan fingerprint density at radius 1 is 1.25 bits per heavy atom. The second-order valence-electron chi connectivity index (χ2n) is 4.65. The van der Waals surface area contributed by atoms with E-state index in [1.54, 1.807) is 6.26 Å². The van der Waals surface area contributed by atoms with Crippen LogP contribution in [0.4, 0.5) is 0 Å². The van der Waals surface area contributed by atoms with Gasteiger partial charge in [-0.05, 0) is 32.4 Å². The summed E-state index contributed by atoms with van der Waals surface area (Å²) < 4.78 is 5.38. The number of unbranched alkanes of at least 4 members (excludes halogenated alkanes) is 3. The van der Waals surface area contributed by atoms with Crippen LogP contribution in [0, 0.1) is 0 Å². The summed E-state index contributed by atoms with van der Waals surface area (Å²) in [5, 5.41) is 3.57. The fourth-order valence-corrected chi connectivity index (χ4v) is 2.01. The summed E-state index contributed by atoms with van der Waals surface area (Å²) in [5.74, 6) is 1.03. The average molecular weight is 223 g/mol. The molecule has 0 saturated carbocycles. The topological polar surface area (TPSA) is 25.2 Å². The molecule has 1 N–H and O–H groups in total. The smallest absolute Gasteiger partial charge is 0.120 e. The zero-order chi connectivity index (χ0) is 11.8. The van der Waals surface area contributed by atoms with Crippen LogP contribution < -0.4 is 5.32 Å². The van der Waals surface area contributed by atoms with Gasteiger partial charge in [-0.15, -0.1) is 0 Å². The largest absolute Gasteiger partial charge is 0.468 e. The van der Waals surface area contributed by atoms with Crippen molar-refractivity contribution in [3.63, 3.8) is 0 Å². The van der Waals surface area contributed by atoms with E-state index in [9.17, 15) is 0 Å². The van der Waals surface area contributed by atoms with Gasteiger partial charge in [-0.1, -0.05) is 32.6 Å². The zero-order valence-corrected chi connectivity index (χ0v) is 10.8. The molecule has 0 aliphatic rings. The van der Waals surface area contributed by atoms with Gasteiger partial charge in [0.15, 0.2) is 0 Å². The molecule has 0 aliphatic heterocycles. The number of nitrogens with one attached hydrogen (secondary N) is 1. The van der Waals surface area contributed by atoms with E-state index in [0.29, 0.717) is 12.1 Å². The summed E-state index contributed by atoms with van der Waals surface area (Å²) in [6.07, 6.45) is 8.35. The van der Waals surface area contributed by atoms with Crippen molar-refractivity contribution < 1.29 is 4.42 Å². The highest BCUT2D eigenvalue weighted by atomic mass is 16.3. The number of hydrogen-bond acceptors (Lipinski definition) is 2. The quantitative estimate of drug-likeness (QED) is 0.665. The molecule has 1 aromatic heterocycles. The maximum atomic E-state index is 5.38. The van der Waals surface area contributed by atoms with E-state index < -0.39 is 0 Å². The number of furan rings is 1. The molecule has 2 heteroatoms. The summed E-state index contributed by atoms with van der Waals surface area (Å²) in [7, 11) is 0. The molecule has 0 bridgehead atoms. The van der Waals surface area contributed by atoms with E-state index in [0.717, 1.165) is 5.76 Å². The van der Waals surface area contributed by atoms with Gasteiger partial charge >= 0.3 is 0 Å². The Kier molecular flexibility index (Phi) is 6.24. The van der Waals surface area contributed by atoms with Gasteiger partial charge in [-0.2, -0.15) is 0 Å². The van der Waals surface area contributed by atoms with Gasteiger partial charge in [0.2, 0.25) is 0 Å². The van der Waals surface area contributed by atoms with Gasteiger partial charge < -0.3 is 9.73 Å². The van der Waals surface area contributed by atoms with Gasteiger partial charge in [0, 0.05) is 6.04 Å². The molecule has 0 aliphatic carbocycles. The highest BCUT2D eigenvalue weighted by molar-refractivity contribution is 5.03. The molecule has 2 nitrogen and oxygen atoms in total. The van der Waals surface area contributed by atoms with E-state index in [1.807, 2.05) is 12.1 Å². The summed E-state index contributed by atoms with van der Waals surface area (Å²) in [5.41, 5.74) is 0. The highest BCUT2D eigenvalue weighted by Gasteiger charge is 2.10. The summed E-state index contributed by atoms with van der Waals surface area (Å²) in [6.45, 7) is 6.66. The molecule has 92 valence electrons. The van der Waals surface area contributed by atoms with Crippen LogP contribution in [0.3, 0.4) is 0 Å². The van der Waals surface area contributed by atoms with Crippen molar-refractivity contribution in [1.82, 2.24) is 5.32 Å². The number of hydrogen-bond donors (Lipinski definition) is 1. The second kappa shape index (κ2) is 7.50. The minimum absolute atomic E-state index is 0.316. The Morgan fingerprint density at radius 3 is 2.69 bits per heavy atom. The van der Waals surface area contributed by atoms with Crippen LogP contribution >= 0.6 is 0 Å². The van der Waals surface area contributed by atoms with Crippen molar-refractivity contribution in [1.29, 1.82) is 0 Å². The maximum absolute atomic E-state index is 5.38. The van der Waals surface area contributed by atoms with Crippen LogP contribution in [0.15, 0.2) is 22.8 Å². The van der Waals surface area contributed by atoms with E-state index in [-0.39, 0.29) is 0 Å². The van der Waals surface area contributed by atoms with Crippen molar-refractivity contribution >= 4 is 0 Å². The van der Waals surface area contributed by atoms with Crippen molar-refractivity contribution in [2.75, 3.05) is 0 Å². The van der Waals surface area contributed by atoms with Gasteiger partial charge in [-0.25, -0.2) is 0 Å². The average Bonchev–Trinajstić information content (AvgIpc) is 2.77. The molecule has 0 fully saturated rings. The minimum Gasteiger partial charge on any atom is -0.468 e. The van der Waals surface area contributed by atoms with Crippen molar-refractivity contribution in [2.24, 2.45) is 0 Å². The molecule has 16 heavy (non-hydrogen) atoms. The molecule has 0 saturated heterocycles. The van der Waals surface area contributed by atoms with E-state index >= 15 is 0 Å². The Bertz CT molecular complexity index is 256. The lowest BCUT2D eigenvalue weighted by Gasteiger charge is -2.18. The fourth-order valence-electron chi connectivity index (χ4n) is 2.01.